The summed E-state index contributed by atoms with van der Waals surface area (Å²) in [5.41, 5.74) is 3.91. The van der Waals surface area contributed by atoms with Gasteiger partial charge in [-0.25, -0.2) is 0 Å². The molecule has 0 amide bonds. The Morgan fingerprint density at radius 1 is 0.738 bits per heavy atom. The van der Waals surface area contributed by atoms with Crippen LogP contribution in [0.1, 0.15) is 81.4 Å². The number of fused-ring (bicyclic) bond motifs is 3. The molecule has 0 N–H and O–H groups in total. The molecule has 2 heterocycles. The van der Waals surface area contributed by atoms with Crippen LogP contribution in [0.15, 0.2) is 95.5 Å². The molecule has 0 radical (unpaired) electrons. The van der Waals surface area contributed by atoms with Gasteiger partial charge in [-0.2, -0.15) is 0 Å². The van der Waals surface area contributed by atoms with Crippen LogP contribution in [0.4, 0.5) is 0 Å². The third kappa shape index (κ3) is 4.73. The monoisotopic (exact) mass is 559 g/mol. The highest BCUT2D eigenvalue weighted by Crippen LogP contribution is 2.43. The van der Waals surface area contributed by atoms with E-state index in [-0.39, 0.29) is 33.2 Å². The van der Waals surface area contributed by atoms with Gasteiger partial charge in [0.2, 0.25) is 0 Å². The molecule has 1 aliphatic rings. The van der Waals surface area contributed by atoms with Gasteiger partial charge in [-0.15, -0.1) is 0 Å². The van der Waals surface area contributed by atoms with Crippen LogP contribution in [0.3, 0.4) is 0 Å². The van der Waals surface area contributed by atoms with Crippen molar-refractivity contribution in [3.8, 4) is 33.5 Å². The number of hydrogen-bond donors (Lipinski definition) is 0. The van der Waals surface area contributed by atoms with Crippen molar-refractivity contribution in [3.05, 3.63) is 113 Å². The predicted octanol–water partition coefficient (Wildman–Crippen LogP) is 11.6. The Balaban J connectivity index is 1.39. The zero-order chi connectivity index (χ0) is 37.4. The summed E-state index contributed by atoms with van der Waals surface area (Å²) in [7, 11) is 0. The molecular formula is C40H39NO. The lowest BCUT2D eigenvalue weighted by Gasteiger charge is -2.34. The standard InChI is InChI=1S/C40H39NO/c1-25-21-29(28-17-19-40(4,5)20-18-28)13-15-31(25)30-14-16-32(26(2)22-30)36-23-37(41-24-27(36)3)35-11-8-10-34-33-9-6-7-12-38(33)42-39(34)35/h6-16,21-24,28H,17-20H2,1-5H3/i1D3,2D3,3D3,28D. The molecule has 6 aromatic rings. The first-order chi connectivity index (χ1) is 24.3. The SMILES string of the molecule is [2H]C([2H])([2H])c1cc(C2([2H])CCC(C)(C)CC2)ccc1-c1ccc(-c2cc(-c3cccc4c3oc3ccccc34)ncc2C([2H])([2H])[2H])c(C([2H])([2H])[2H])c1. The maximum absolute atomic E-state index is 9.26. The Hall–Kier alpha value is -4.17. The molecule has 0 spiro atoms. The van der Waals surface area contributed by atoms with Gasteiger partial charge in [0.05, 0.1) is 5.69 Å². The number of nitrogens with zero attached hydrogens (tertiary/aromatic N) is 1. The van der Waals surface area contributed by atoms with E-state index in [0.29, 0.717) is 52.0 Å². The molecule has 2 heteroatoms. The maximum Gasteiger partial charge on any atom is 0.144 e. The summed E-state index contributed by atoms with van der Waals surface area (Å²) in [6, 6.07) is 24.5. The second-order valence-corrected chi connectivity index (χ2v) is 12.2. The fourth-order valence-corrected chi connectivity index (χ4v) is 6.25. The van der Waals surface area contributed by atoms with Crippen LogP contribution in [0, 0.1) is 26.0 Å². The van der Waals surface area contributed by atoms with Crippen molar-refractivity contribution >= 4 is 21.9 Å². The van der Waals surface area contributed by atoms with Gasteiger partial charge in [0, 0.05) is 36.2 Å². The molecule has 1 aliphatic carbocycles. The summed E-state index contributed by atoms with van der Waals surface area (Å²) in [5.74, 6) is -0.917. The average Bonchev–Trinajstić information content (AvgIpc) is 3.47. The largest absolute Gasteiger partial charge is 0.455 e. The number of benzene rings is 4. The highest BCUT2D eigenvalue weighted by atomic mass is 16.3. The van der Waals surface area contributed by atoms with Gasteiger partial charge in [-0.05, 0) is 120 Å². The first-order valence-electron chi connectivity index (χ1n) is 19.5. The van der Waals surface area contributed by atoms with Gasteiger partial charge >= 0.3 is 0 Å². The Bertz CT molecular complexity index is 2320. The van der Waals surface area contributed by atoms with Gasteiger partial charge in [0.25, 0.3) is 0 Å². The van der Waals surface area contributed by atoms with Crippen molar-refractivity contribution in [2.45, 2.75) is 66.0 Å². The quantitative estimate of drug-likeness (QED) is 0.215. The van der Waals surface area contributed by atoms with Crippen LogP contribution in [0.2, 0.25) is 0 Å². The van der Waals surface area contributed by atoms with Crippen molar-refractivity contribution in [1.82, 2.24) is 4.98 Å². The minimum atomic E-state index is -2.69. The predicted molar refractivity (Wildman–Crippen MR) is 177 cm³/mol. The van der Waals surface area contributed by atoms with Crippen molar-refractivity contribution in [1.29, 1.82) is 0 Å². The molecule has 0 unspecified atom stereocenters. The Kier molecular flexibility index (Phi) is 4.33. The summed E-state index contributed by atoms with van der Waals surface area (Å²) in [4.78, 5) is 4.54. The van der Waals surface area contributed by atoms with Gasteiger partial charge in [-0.1, -0.05) is 80.6 Å². The number of rotatable bonds is 4. The number of furan rings is 1. The number of hydrogen-bond acceptors (Lipinski definition) is 2. The van der Waals surface area contributed by atoms with Crippen molar-refractivity contribution < 1.29 is 18.1 Å². The smallest absolute Gasteiger partial charge is 0.144 e. The zero-order valence-corrected chi connectivity index (χ0v) is 23.8. The zero-order valence-electron chi connectivity index (χ0n) is 33.8. The molecule has 1 fully saturated rings. The summed E-state index contributed by atoms with van der Waals surface area (Å²) < 4.78 is 91.5. The van der Waals surface area contributed by atoms with E-state index < -0.39 is 26.4 Å². The van der Waals surface area contributed by atoms with Crippen molar-refractivity contribution in [2.24, 2.45) is 5.41 Å². The fraction of sp³-hybridized carbons (Fsp3) is 0.275. The number of para-hydroxylation sites is 2. The van der Waals surface area contributed by atoms with Crippen LogP contribution in [-0.2, 0) is 0 Å². The molecule has 42 heavy (non-hydrogen) atoms. The van der Waals surface area contributed by atoms with Crippen LogP contribution >= 0.6 is 0 Å². The topological polar surface area (TPSA) is 26.0 Å². The van der Waals surface area contributed by atoms with Crippen LogP contribution < -0.4 is 0 Å². The minimum absolute atomic E-state index is 0.0407. The van der Waals surface area contributed by atoms with Crippen LogP contribution in [0.25, 0.3) is 55.4 Å². The van der Waals surface area contributed by atoms with Gasteiger partial charge in [-0.3, -0.25) is 4.98 Å². The van der Waals surface area contributed by atoms with Crippen molar-refractivity contribution in [3.63, 3.8) is 0 Å². The summed E-state index contributed by atoms with van der Waals surface area (Å²) in [6.07, 6.45) is 4.20. The molecule has 0 aliphatic heterocycles. The van der Waals surface area contributed by atoms with E-state index in [1.54, 1.807) is 36.4 Å². The van der Waals surface area contributed by atoms with Crippen LogP contribution in [-0.4, -0.2) is 4.98 Å². The Morgan fingerprint density at radius 3 is 2.33 bits per heavy atom. The van der Waals surface area contributed by atoms with E-state index in [1.165, 1.54) is 12.3 Å². The van der Waals surface area contributed by atoms with Gasteiger partial charge < -0.3 is 4.42 Å². The minimum Gasteiger partial charge on any atom is -0.455 e. The summed E-state index contributed by atoms with van der Waals surface area (Å²) in [6.45, 7) is -3.49. The van der Waals surface area contributed by atoms with Gasteiger partial charge in [0.1, 0.15) is 11.2 Å². The van der Waals surface area contributed by atoms with E-state index in [4.69, 9.17) is 16.8 Å². The second kappa shape index (κ2) is 10.3. The number of aromatic nitrogens is 1. The number of pyridine rings is 1. The number of aryl methyl sites for hydroxylation is 3. The third-order valence-electron chi connectivity index (χ3n) is 8.84. The van der Waals surface area contributed by atoms with Crippen LogP contribution in [0.5, 0.6) is 0 Å². The van der Waals surface area contributed by atoms with E-state index in [0.717, 1.165) is 23.6 Å². The molecule has 0 saturated heterocycles. The molecule has 2 nitrogen and oxygen atoms in total. The average molecular weight is 560 g/mol. The lowest BCUT2D eigenvalue weighted by molar-refractivity contribution is 0.224. The maximum atomic E-state index is 9.26. The lowest BCUT2D eigenvalue weighted by Crippen LogP contribution is -2.20. The van der Waals surface area contributed by atoms with E-state index >= 15 is 0 Å². The highest BCUT2D eigenvalue weighted by molar-refractivity contribution is 6.09. The van der Waals surface area contributed by atoms with Gasteiger partial charge in [0.15, 0.2) is 0 Å². The molecule has 2 aromatic heterocycles. The summed E-state index contributed by atoms with van der Waals surface area (Å²) in [5, 5.41) is 1.78. The van der Waals surface area contributed by atoms with E-state index in [9.17, 15) is 1.37 Å². The second-order valence-electron chi connectivity index (χ2n) is 12.2. The summed E-state index contributed by atoms with van der Waals surface area (Å²) >= 11 is 0. The molecule has 1 saturated carbocycles. The Labute approximate surface area is 263 Å². The third-order valence-corrected chi connectivity index (χ3v) is 8.84. The molecule has 0 atom stereocenters. The van der Waals surface area contributed by atoms with E-state index in [1.807, 2.05) is 42.5 Å². The first-order valence-corrected chi connectivity index (χ1v) is 14.5. The molecule has 4 aromatic carbocycles. The first kappa shape index (κ1) is 17.7. The molecular weight excluding hydrogens is 510 g/mol. The normalized spacial score (nSPS) is 20.6. The fourth-order valence-electron chi connectivity index (χ4n) is 6.25. The van der Waals surface area contributed by atoms with Crippen molar-refractivity contribution in [2.75, 3.05) is 0 Å². The highest BCUT2D eigenvalue weighted by Gasteiger charge is 2.27. The van der Waals surface area contributed by atoms with E-state index in [2.05, 4.69) is 18.8 Å². The molecule has 7 rings (SSSR count). The Morgan fingerprint density at radius 2 is 1.50 bits per heavy atom. The molecule has 210 valence electrons. The lowest BCUT2D eigenvalue weighted by atomic mass is 9.71. The molecule has 0 bridgehead atoms.